The largest absolute Gasteiger partial charge is 0.371 e. The molecule has 3 rings (SSSR count). The van der Waals surface area contributed by atoms with E-state index in [1.807, 2.05) is 23.1 Å². The van der Waals surface area contributed by atoms with Crippen LogP contribution in [0.3, 0.4) is 0 Å². The highest BCUT2D eigenvalue weighted by Gasteiger charge is 2.24. The minimum Gasteiger partial charge on any atom is -0.371 e. The fourth-order valence-electron chi connectivity index (χ4n) is 4.64. The molecule has 0 saturated carbocycles. The number of amides is 1. The van der Waals surface area contributed by atoms with Crippen molar-refractivity contribution < 1.29 is 4.79 Å². The van der Waals surface area contributed by atoms with Gasteiger partial charge in [0, 0.05) is 73.4 Å². The summed E-state index contributed by atoms with van der Waals surface area (Å²) in [5.41, 5.74) is 3.77. The van der Waals surface area contributed by atoms with Gasteiger partial charge in [-0.1, -0.05) is 38.6 Å². The number of likely N-dealkylation sites (tertiary alicyclic amines) is 1. The van der Waals surface area contributed by atoms with E-state index in [-0.39, 0.29) is 5.91 Å². The van der Waals surface area contributed by atoms with E-state index in [2.05, 4.69) is 49.2 Å². The summed E-state index contributed by atoms with van der Waals surface area (Å²) in [5, 5.41) is 4.12. The van der Waals surface area contributed by atoms with Crippen LogP contribution in [-0.4, -0.2) is 66.9 Å². The number of nitrogens with zero attached hydrogens (tertiary/aromatic N) is 3. The molecule has 2 aliphatic heterocycles. The van der Waals surface area contributed by atoms with E-state index in [0.29, 0.717) is 29.7 Å². The minimum absolute atomic E-state index is 0.202. The molecule has 1 N–H and O–H groups in total. The molecule has 0 aromatic heterocycles. The number of halogens is 1. The van der Waals surface area contributed by atoms with Crippen molar-refractivity contribution in [2.45, 2.75) is 33.1 Å². The molecule has 2 aliphatic rings. The zero-order chi connectivity index (χ0) is 22.5. The summed E-state index contributed by atoms with van der Waals surface area (Å²) >= 11 is 6.33. The number of benzene rings is 1. The van der Waals surface area contributed by atoms with Crippen LogP contribution in [0.5, 0.6) is 0 Å². The van der Waals surface area contributed by atoms with Crippen molar-refractivity contribution >= 4 is 28.9 Å². The standard InChI is InChI=1S/C25H37ClN4O/c1-18-14-19(2)17-30(16-18)21(4)23-15-22(26)7-8-24(23)27-20(3)6-9-25(31)29-12-10-28(5)11-13-29/h7-8,15,18-19,27H,3-4,6,9-14,16-17H2,1-2,5H3/t18-,19+. The molecule has 0 bridgehead atoms. The van der Waals surface area contributed by atoms with Crippen LogP contribution in [0, 0.1) is 11.8 Å². The molecule has 0 unspecified atom stereocenters. The van der Waals surface area contributed by atoms with Crippen molar-refractivity contribution in [3.8, 4) is 0 Å². The highest BCUT2D eigenvalue weighted by Crippen LogP contribution is 2.33. The van der Waals surface area contributed by atoms with Gasteiger partial charge in [-0.2, -0.15) is 0 Å². The van der Waals surface area contributed by atoms with Crippen molar-refractivity contribution in [1.29, 1.82) is 0 Å². The van der Waals surface area contributed by atoms with Gasteiger partial charge in [-0.05, 0) is 49.9 Å². The Morgan fingerprint density at radius 3 is 2.35 bits per heavy atom. The van der Waals surface area contributed by atoms with E-state index < -0.39 is 0 Å². The van der Waals surface area contributed by atoms with Crippen LogP contribution in [-0.2, 0) is 4.79 Å². The third-order valence-electron chi connectivity index (χ3n) is 6.35. The summed E-state index contributed by atoms with van der Waals surface area (Å²) in [5.74, 6) is 1.49. The molecule has 170 valence electrons. The van der Waals surface area contributed by atoms with Gasteiger partial charge < -0.3 is 20.0 Å². The van der Waals surface area contributed by atoms with Gasteiger partial charge in [0.05, 0.1) is 0 Å². The summed E-state index contributed by atoms with van der Waals surface area (Å²) in [7, 11) is 2.09. The van der Waals surface area contributed by atoms with Gasteiger partial charge in [-0.25, -0.2) is 0 Å². The Labute approximate surface area is 192 Å². The second-order valence-electron chi connectivity index (χ2n) is 9.40. The summed E-state index contributed by atoms with van der Waals surface area (Å²) in [6.07, 6.45) is 2.33. The van der Waals surface area contributed by atoms with Crippen LogP contribution >= 0.6 is 11.6 Å². The van der Waals surface area contributed by atoms with E-state index in [0.717, 1.165) is 61.9 Å². The zero-order valence-corrected chi connectivity index (χ0v) is 20.0. The molecule has 1 amide bonds. The predicted molar refractivity (Wildman–Crippen MR) is 131 cm³/mol. The highest BCUT2D eigenvalue weighted by molar-refractivity contribution is 6.30. The van der Waals surface area contributed by atoms with E-state index in [4.69, 9.17) is 11.6 Å². The normalized spacial score (nSPS) is 22.3. The quantitative estimate of drug-likeness (QED) is 0.657. The molecule has 0 spiro atoms. The average molecular weight is 445 g/mol. The number of hydrogen-bond acceptors (Lipinski definition) is 4. The Morgan fingerprint density at radius 1 is 1.06 bits per heavy atom. The number of carbonyl (C=O) groups excluding carboxylic acids is 1. The van der Waals surface area contributed by atoms with Crippen molar-refractivity contribution in [3.05, 3.63) is 47.6 Å². The monoisotopic (exact) mass is 444 g/mol. The average Bonchev–Trinajstić information content (AvgIpc) is 2.72. The number of anilines is 1. The van der Waals surface area contributed by atoms with Crippen LogP contribution in [0.25, 0.3) is 5.70 Å². The van der Waals surface area contributed by atoms with Gasteiger partial charge in [-0.15, -0.1) is 0 Å². The maximum absolute atomic E-state index is 12.5. The maximum atomic E-state index is 12.5. The van der Waals surface area contributed by atoms with Crippen molar-refractivity contribution in [1.82, 2.24) is 14.7 Å². The predicted octanol–water partition coefficient (Wildman–Crippen LogP) is 4.77. The number of hydrogen-bond donors (Lipinski definition) is 1. The van der Waals surface area contributed by atoms with Gasteiger partial charge in [-0.3, -0.25) is 4.79 Å². The molecule has 6 heteroatoms. The van der Waals surface area contributed by atoms with Gasteiger partial charge in [0.25, 0.3) is 0 Å². The number of allylic oxidation sites excluding steroid dienone is 1. The Morgan fingerprint density at radius 2 is 1.71 bits per heavy atom. The lowest BCUT2D eigenvalue weighted by Gasteiger charge is -2.38. The Hall–Kier alpha value is -1.98. The van der Waals surface area contributed by atoms with Gasteiger partial charge in [0.1, 0.15) is 0 Å². The van der Waals surface area contributed by atoms with Crippen LogP contribution in [0.2, 0.25) is 5.02 Å². The molecule has 5 nitrogen and oxygen atoms in total. The third kappa shape index (κ3) is 6.50. The van der Waals surface area contributed by atoms with Crippen LogP contribution in [0.4, 0.5) is 5.69 Å². The lowest BCUT2D eigenvalue weighted by atomic mass is 9.91. The Kier molecular flexibility index (Phi) is 8.06. The Bertz CT molecular complexity index is 806. The first kappa shape index (κ1) is 23.7. The Balaban J connectivity index is 1.61. The summed E-state index contributed by atoms with van der Waals surface area (Å²) in [4.78, 5) is 19.1. The molecular weight excluding hydrogens is 408 g/mol. The van der Waals surface area contributed by atoms with Crippen LogP contribution in [0.1, 0.15) is 38.7 Å². The van der Waals surface area contributed by atoms with E-state index in [1.54, 1.807) is 0 Å². The fourth-order valence-corrected chi connectivity index (χ4v) is 4.81. The van der Waals surface area contributed by atoms with Crippen LogP contribution in [0.15, 0.2) is 37.1 Å². The van der Waals surface area contributed by atoms with Crippen molar-refractivity contribution in [3.63, 3.8) is 0 Å². The van der Waals surface area contributed by atoms with E-state index in [9.17, 15) is 4.79 Å². The minimum atomic E-state index is 0.202. The first-order chi connectivity index (χ1) is 14.7. The van der Waals surface area contributed by atoms with Gasteiger partial charge >= 0.3 is 0 Å². The zero-order valence-electron chi connectivity index (χ0n) is 19.3. The molecule has 0 radical (unpaired) electrons. The smallest absolute Gasteiger partial charge is 0.223 e. The van der Waals surface area contributed by atoms with Gasteiger partial charge in [0.15, 0.2) is 0 Å². The molecule has 31 heavy (non-hydrogen) atoms. The molecular formula is C25H37ClN4O. The molecule has 0 aliphatic carbocycles. The number of carbonyl (C=O) groups is 1. The number of piperidine rings is 1. The SMILES string of the molecule is C=C(CCC(=O)N1CCN(C)CC1)Nc1ccc(Cl)cc1C(=C)N1C[C@H](C)C[C@H](C)C1. The fraction of sp³-hybridized carbons (Fsp3) is 0.560. The summed E-state index contributed by atoms with van der Waals surface area (Å²) in [6.45, 7) is 18.7. The molecule has 1 aromatic rings. The highest BCUT2D eigenvalue weighted by atomic mass is 35.5. The topological polar surface area (TPSA) is 38.8 Å². The van der Waals surface area contributed by atoms with Crippen molar-refractivity contribution in [2.75, 3.05) is 51.6 Å². The lowest BCUT2D eigenvalue weighted by Crippen LogP contribution is -2.47. The number of likely N-dealkylation sites (N-methyl/N-ethyl adjacent to an activating group) is 1. The molecule has 2 atom stereocenters. The molecule has 2 heterocycles. The lowest BCUT2D eigenvalue weighted by molar-refractivity contribution is -0.132. The van der Waals surface area contributed by atoms with E-state index >= 15 is 0 Å². The third-order valence-corrected chi connectivity index (χ3v) is 6.59. The van der Waals surface area contributed by atoms with Crippen molar-refractivity contribution in [2.24, 2.45) is 11.8 Å². The number of piperazine rings is 1. The second kappa shape index (κ2) is 10.6. The number of nitrogens with one attached hydrogen (secondary N) is 1. The first-order valence-electron chi connectivity index (χ1n) is 11.4. The van der Waals surface area contributed by atoms with E-state index in [1.165, 1.54) is 6.42 Å². The summed E-state index contributed by atoms with van der Waals surface area (Å²) in [6, 6.07) is 5.83. The number of rotatable bonds is 7. The summed E-state index contributed by atoms with van der Waals surface area (Å²) < 4.78 is 0. The molecule has 2 fully saturated rings. The second-order valence-corrected chi connectivity index (χ2v) is 9.84. The van der Waals surface area contributed by atoms with Gasteiger partial charge in [0.2, 0.25) is 5.91 Å². The molecule has 1 aromatic carbocycles. The van der Waals surface area contributed by atoms with Crippen LogP contribution < -0.4 is 5.32 Å². The maximum Gasteiger partial charge on any atom is 0.223 e. The molecule has 2 saturated heterocycles. The first-order valence-corrected chi connectivity index (χ1v) is 11.8.